The highest BCUT2D eigenvalue weighted by atomic mass is 16.1. The third-order valence-electron chi connectivity index (χ3n) is 6.21. The van der Waals surface area contributed by atoms with E-state index in [2.05, 4.69) is 10.6 Å². The maximum Gasteiger partial charge on any atom is 0.197 e. The first kappa shape index (κ1) is 16.4. The molecule has 3 atom stereocenters. The lowest BCUT2D eigenvalue weighted by Crippen LogP contribution is -3.26. The molecular weight excluding hydrogens is 274 g/mol. The fraction of sp³-hybridized carbons (Fsp3) is 0.944. The van der Waals surface area contributed by atoms with Crippen molar-refractivity contribution < 1.29 is 9.69 Å². The van der Waals surface area contributed by atoms with E-state index in [4.69, 9.17) is 0 Å². The maximum absolute atomic E-state index is 12.5. The van der Waals surface area contributed by atoms with E-state index in [1.807, 2.05) is 0 Å². The van der Waals surface area contributed by atoms with Crippen molar-refractivity contribution in [1.82, 2.24) is 10.6 Å². The number of quaternary nitrogens is 1. The van der Waals surface area contributed by atoms with Gasteiger partial charge >= 0.3 is 0 Å². The topological polar surface area (TPSA) is 45.6 Å². The molecule has 3 unspecified atom stereocenters. The van der Waals surface area contributed by atoms with Crippen LogP contribution in [0.5, 0.6) is 0 Å². The minimum Gasteiger partial charge on any atom is -0.323 e. The number of hydrogen-bond acceptors (Lipinski definition) is 3. The van der Waals surface area contributed by atoms with Gasteiger partial charge in [0.15, 0.2) is 11.3 Å². The summed E-state index contributed by atoms with van der Waals surface area (Å²) in [5.74, 6) is 0.917. The molecule has 0 spiro atoms. The maximum atomic E-state index is 12.5. The minimum absolute atomic E-state index is 0.0870. The Kier molecular flexibility index (Phi) is 5.89. The second kappa shape index (κ2) is 7.89. The Morgan fingerprint density at radius 1 is 0.864 bits per heavy atom. The molecule has 0 aliphatic carbocycles. The number of Topliss-reactive ketones (excluding diaryl/α,β-unsaturated/α-hetero) is 1. The second-order valence-corrected chi connectivity index (χ2v) is 7.61. The Bertz CT molecular complexity index is 348. The molecule has 4 heterocycles. The van der Waals surface area contributed by atoms with Gasteiger partial charge in [0, 0.05) is 25.3 Å². The zero-order valence-corrected chi connectivity index (χ0v) is 14.1. The zero-order chi connectivity index (χ0) is 15.3. The summed E-state index contributed by atoms with van der Waals surface area (Å²) < 4.78 is 0. The third kappa shape index (κ3) is 3.55. The summed E-state index contributed by atoms with van der Waals surface area (Å²) in [6.45, 7) is 7.03. The molecule has 0 aromatic rings. The van der Waals surface area contributed by atoms with E-state index in [1.54, 1.807) is 4.90 Å². The number of nitrogens with one attached hydrogen (secondary N) is 3. The summed E-state index contributed by atoms with van der Waals surface area (Å²) in [6, 6.07) is 0. The molecule has 4 fully saturated rings. The van der Waals surface area contributed by atoms with Crippen LogP contribution < -0.4 is 15.5 Å². The molecule has 4 rings (SSSR count). The highest BCUT2D eigenvalue weighted by Crippen LogP contribution is 2.30. The van der Waals surface area contributed by atoms with Crippen LogP contribution in [0.1, 0.15) is 57.8 Å². The van der Waals surface area contributed by atoms with Crippen molar-refractivity contribution in [2.45, 2.75) is 63.3 Å². The van der Waals surface area contributed by atoms with Gasteiger partial charge in [-0.3, -0.25) is 4.79 Å². The molecule has 0 aromatic carbocycles. The van der Waals surface area contributed by atoms with Gasteiger partial charge in [-0.1, -0.05) is 12.8 Å². The van der Waals surface area contributed by atoms with Gasteiger partial charge < -0.3 is 15.5 Å². The Labute approximate surface area is 135 Å². The first-order valence-corrected chi connectivity index (χ1v) is 9.64. The number of rotatable bonds is 2. The summed E-state index contributed by atoms with van der Waals surface area (Å²) in [5, 5.41) is 6.71. The van der Waals surface area contributed by atoms with E-state index in [9.17, 15) is 4.79 Å². The molecule has 22 heavy (non-hydrogen) atoms. The standard InChI is InChI=1S/C12H20N2O.C6H13N/c15-11(10-3-1-6-13-9-10)12-4-2-7-14(12)8-5-12;1-2-4-6-7-5-3-1/h10,13H,1-9H2;7H,1-6H2/p+1. The quantitative estimate of drug-likeness (QED) is 0.697. The molecule has 0 aromatic heterocycles. The fourth-order valence-corrected chi connectivity index (χ4v) is 4.74. The largest absolute Gasteiger partial charge is 0.323 e. The SMILES string of the molecule is C1CCCNCC1.O=C(C1CCCNC1)C12CCC[NH+]1CC2. The summed E-state index contributed by atoms with van der Waals surface area (Å²) in [5.41, 5.74) is 0.0870. The Morgan fingerprint density at radius 2 is 1.64 bits per heavy atom. The summed E-state index contributed by atoms with van der Waals surface area (Å²) >= 11 is 0. The van der Waals surface area contributed by atoms with Crippen molar-refractivity contribution in [2.24, 2.45) is 5.92 Å². The predicted octanol–water partition coefficient (Wildman–Crippen LogP) is 0.526. The molecule has 4 aliphatic rings. The lowest BCUT2D eigenvalue weighted by atomic mass is 9.74. The van der Waals surface area contributed by atoms with E-state index in [1.165, 1.54) is 64.7 Å². The molecule has 4 saturated heterocycles. The molecule has 0 saturated carbocycles. The average Bonchev–Trinajstić information content (AvgIpc) is 2.78. The first-order chi connectivity index (χ1) is 10.8. The monoisotopic (exact) mass is 308 g/mol. The smallest absolute Gasteiger partial charge is 0.197 e. The molecule has 4 nitrogen and oxygen atoms in total. The van der Waals surface area contributed by atoms with Crippen molar-refractivity contribution in [3.63, 3.8) is 0 Å². The second-order valence-electron chi connectivity index (χ2n) is 7.61. The molecule has 126 valence electrons. The number of piperidine rings is 1. The number of carbonyl (C=O) groups is 1. The highest BCUT2D eigenvalue weighted by molar-refractivity contribution is 5.90. The Balaban J connectivity index is 0.000000174. The van der Waals surface area contributed by atoms with Crippen LogP contribution >= 0.6 is 0 Å². The van der Waals surface area contributed by atoms with Crippen LogP contribution in [0, 0.1) is 5.92 Å². The van der Waals surface area contributed by atoms with Gasteiger partial charge in [-0.25, -0.2) is 0 Å². The van der Waals surface area contributed by atoms with Gasteiger partial charge in [-0.2, -0.15) is 0 Å². The van der Waals surface area contributed by atoms with Gasteiger partial charge in [0.25, 0.3) is 0 Å². The van der Waals surface area contributed by atoms with Gasteiger partial charge in [-0.05, 0) is 45.3 Å². The molecular formula is C18H34N3O+. The van der Waals surface area contributed by atoms with Crippen LogP contribution in [0.15, 0.2) is 0 Å². The van der Waals surface area contributed by atoms with Crippen LogP contribution in [0.4, 0.5) is 0 Å². The Hall–Kier alpha value is -0.450. The Morgan fingerprint density at radius 3 is 2.23 bits per heavy atom. The van der Waals surface area contributed by atoms with E-state index >= 15 is 0 Å². The lowest BCUT2D eigenvalue weighted by molar-refractivity contribution is -0.971. The van der Waals surface area contributed by atoms with Gasteiger partial charge in [0.1, 0.15) is 0 Å². The normalized spacial score (nSPS) is 38.0. The van der Waals surface area contributed by atoms with Crippen molar-refractivity contribution in [3.05, 3.63) is 0 Å². The van der Waals surface area contributed by atoms with E-state index in [0.29, 0.717) is 11.7 Å². The minimum atomic E-state index is 0.0870. The summed E-state index contributed by atoms with van der Waals surface area (Å²) in [6.07, 6.45) is 11.6. The van der Waals surface area contributed by atoms with Crippen LogP contribution in [0.3, 0.4) is 0 Å². The van der Waals surface area contributed by atoms with E-state index in [0.717, 1.165) is 32.4 Å². The van der Waals surface area contributed by atoms with Crippen LogP contribution in [-0.4, -0.2) is 50.6 Å². The van der Waals surface area contributed by atoms with Crippen molar-refractivity contribution in [3.8, 4) is 0 Å². The summed E-state index contributed by atoms with van der Waals surface area (Å²) in [7, 11) is 0. The van der Waals surface area contributed by atoms with Crippen LogP contribution in [0.25, 0.3) is 0 Å². The zero-order valence-electron chi connectivity index (χ0n) is 14.1. The van der Waals surface area contributed by atoms with Crippen molar-refractivity contribution in [1.29, 1.82) is 0 Å². The first-order valence-electron chi connectivity index (χ1n) is 9.64. The number of ketones is 1. The number of carbonyl (C=O) groups excluding carboxylic acids is 1. The van der Waals surface area contributed by atoms with E-state index < -0.39 is 0 Å². The van der Waals surface area contributed by atoms with E-state index in [-0.39, 0.29) is 5.54 Å². The van der Waals surface area contributed by atoms with Crippen molar-refractivity contribution >= 4 is 5.78 Å². The molecule has 4 heteroatoms. The van der Waals surface area contributed by atoms with Gasteiger partial charge in [0.2, 0.25) is 0 Å². The van der Waals surface area contributed by atoms with Gasteiger partial charge in [-0.15, -0.1) is 0 Å². The average molecular weight is 308 g/mol. The van der Waals surface area contributed by atoms with Crippen molar-refractivity contribution in [2.75, 3.05) is 39.3 Å². The third-order valence-corrected chi connectivity index (χ3v) is 6.21. The van der Waals surface area contributed by atoms with Crippen LogP contribution in [-0.2, 0) is 4.79 Å². The molecule has 0 amide bonds. The lowest BCUT2D eigenvalue weighted by Gasteiger charge is -2.44. The number of hydrogen-bond donors (Lipinski definition) is 3. The fourth-order valence-electron chi connectivity index (χ4n) is 4.74. The molecule has 0 bridgehead atoms. The summed E-state index contributed by atoms with van der Waals surface area (Å²) in [4.78, 5) is 14.1. The predicted molar refractivity (Wildman–Crippen MR) is 89.2 cm³/mol. The van der Waals surface area contributed by atoms with Crippen LogP contribution in [0.2, 0.25) is 0 Å². The number of fused-ring (bicyclic) bond motifs is 1. The molecule has 0 radical (unpaired) electrons. The molecule has 3 N–H and O–H groups in total. The van der Waals surface area contributed by atoms with Gasteiger partial charge in [0.05, 0.1) is 19.5 Å². The molecule has 4 aliphatic heterocycles. The highest BCUT2D eigenvalue weighted by Gasteiger charge is 2.59.